The van der Waals surface area contributed by atoms with Crippen LogP contribution in [0.1, 0.15) is 48.2 Å². The third-order valence-electron chi connectivity index (χ3n) is 6.77. The van der Waals surface area contributed by atoms with Crippen LogP contribution in [0.25, 0.3) is 10.8 Å². The molecular formula is C25H29N5O2. The van der Waals surface area contributed by atoms with Crippen molar-refractivity contribution in [3.05, 3.63) is 59.9 Å². The number of hydrogen-bond donors (Lipinski definition) is 0. The van der Waals surface area contributed by atoms with Crippen molar-refractivity contribution in [1.29, 1.82) is 0 Å². The Kier molecular flexibility index (Phi) is 5.88. The van der Waals surface area contributed by atoms with E-state index in [9.17, 15) is 9.59 Å². The van der Waals surface area contributed by atoms with Gasteiger partial charge in [-0.25, -0.2) is 4.68 Å². The second-order valence-electron chi connectivity index (χ2n) is 8.89. The maximum Gasteiger partial charge on any atom is 0.276 e. The van der Waals surface area contributed by atoms with E-state index >= 15 is 0 Å². The standard InChI is InChI=1S/C25H29N5O2/c31-24(28-13-4-1-5-14-28)20-11-15-29(16-12-20)25(32)23-18-30(27-26-23)17-21-9-6-8-19-7-2-3-10-22(19)21/h2-3,6-10,18,20H,1,4-5,11-17H2. The fourth-order valence-corrected chi connectivity index (χ4v) is 4.94. The highest BCUT2D eigenvalue weighted by atomic mass is 16.2. The number of carbonyl (C=O) groups is 2. The number of benzene rings is 2. The minimum Gasteiger partial charge on any atom is -0.342 e. The van der Waals surface area contributed by atoms with Crippen LogP contribution >= 0.6 is 0 Å². The Labute approximate surface area is 188 Å². The zero-order chi connectivity index (χ0) is 21.9. The normalized spacial score (nSPS) is 17.6. The molecule has 3 aromatic rings. The van der Waals surface area contributed by atoms with Gasteiger partial charge in [0, 0.05) is 32.1 Å². The molecular weight excluding hydrogens is 402 g/mol. The zero-order valence-corrected chi connectivity index (χ0v) is 18.3. The van der Waals surface area contributed by atoms with Gasteiger partial charge >= 0.3 is 0 Å². The van der Waals surface area contributed by atoms with Crippen LogP contribution in [0.4, 0.5) is 0 Å². The molecule has 2 aliphatic rings. The summed E-state index contributed by atoms with van der Waals surface area (Å²) in [5.74, 6) is 0.218. The van der Waals surface area contributed by atoms with Crippen molar-refractivity contribution in [1.82, 2.24) is 24.8 Å². The van der Waals surface area contributed by atoms with E-state index < -0.39 is 0 Å². The highest BCUT2D eigenvalue weighted by molar-refractivity contribution is 5.92. The van der Waals surface area contributed by atoms with Gasteiger partial charge in [-0.05, 0) is 48.4 Å². The lowest BCUT2D eigenvalue weighted by molar-refractivity contribution is -0.137. The van der Waals surface area contributed by atoms with E-state index in [2.05, 4.69) is 34.6 Å². The fourth-order valence-electron chi connectivity index (χ4n) is 4.94. The van der Waals surface area contributed by atoms with Gasteiger partial charge < -0.3 is 9.80 Å². The molecule has 0 radical (unpaired) electrons. The summed E-state index contributed by atoms with van der Waals surface area (Å²) in [6, 6.07) is 14.5. The van der Waals surface area contributed by atoms with Gasteiger partial charge in [-0.15, -0.1) is 5.10 Å². The van der Waals surface area contributed by atoms with Gasteiger partial charge in [-0.3, -0.25) is 9.59 Å². The molecule has 7 nitrogen and oxygen atoms in total. The Balaban J connectivity index is 1.20. The molecule has 2 fully saturated rings. The monoisotopic (exact) mass is 431 g/mol. The summed E-state index contributed by atoms with van der Waals surface area (Å²) in [4.78, 5) is 29.6. The first-order valence-corrected chi connectivity index (χ1v) is 11.6. The number of nitrogens with zero attached hydrogens (tertiary/aromatic N) is 5. The number of rotatable bonds is 4. The van der Waals surface area contributed by atoms with Crippen molar-refractivity contribution < 1.29 is 9.59 Å². The molecule has 3 heterocycles. The summed E-state index contributed by atoms with van der Waals surface area (Å²) < 4.78 is 1.72. The molecule has 0 spiro atoms. The minimum absolute atomic E-state index is 0.0409. The van der Waals surface area contributed by atoms with E-state index in [1.165, 1.54) is 17.2 Å². The van der Waals surface area contributed by atoms with E-state index in [1.54, 1.807) is 10.9 Å². The lowest BCUT2D eigenvalue weighted by Gasteiger charge is -2.35. The third-order valence-corrected chi connectivity index (χ3v) is 6.77. The molecule has 0 N–H and O–H groups in total. The van der Waals surface area contributed by atoms with Crippen molar-refractivity contribution in [3.63, 3.8) is 0 Å². The lowest BCUT2D eigenvalue weighted by atomic mass is 9.94. The van der Waals surface area contributed by atoms with Gasteiger partial charge in [0.05, 0.1) is 12.7 Å². The van der Waals surface area contributed by atoms with Gasteiger partial charge in [0.15, 0.2) is 5.69 Å². The molecule has 2 saturated heterocycles. The fraction of sp³-hybridized carbons (Fsp3) is 0.440. The molecule has 0 bridgehead atoms. The van der Waals surface area contributed by atoms with Gasteiger partial charge in [-0.2, -0.15) is 0 Å². The molecule has 166 valence electrons. The topological polar surface area (TPSA) is 71.3 Å². The molecule has 0 atom stereocenters. The van der Waals surface area contributed by atoms with E-state index in [-0.39, 0.29) is 17.7 Å². The van der Waals surface area contributed by atoms with Crippen LogP contribution in [0, 0.1) is 5.92 Å². The summed E-state index contributed by atoms with van der Waals surface area (Å²) in [6.45, 7) is 3.53. The van der Waals surface area contributed by atoms with Gasteiger partial charge in [0.2, 0.25) is 5.91 Å². The van der Waals surface area contributed by atoms with Crippen LogP contribution in [0.2, 0.25) is 0 Å². The first-order chi connectivity index (χ1) is 15.7. The SMILES string of the molecule is O=C(c1cn(Cc2cccc3ccccc23)nn1)N1CCC(C(=O)N2CCCCC2)CC1. The Hall–Kier alpha value is -3.22. The molecule has 7 heteroatoms. The Bertz CT molecular complexity index is 1100. The van der Waals surface area contributed by atoms with Crippen LogP contribution < -0.4 is 0 Å². The molecule has 0 saturated carbocycles. The summed E-state index contributed by atoms with van der Waals surface area (Å²) in [5, 5.41) is 10.7. The number of piperidine rings is 2. The summed E-state index contributed by atoms with van der Waals surface area (Å²) in [7, 11) is 0. The van der Waals surface area contributed by atoms with Crippen molar-refractivity contribution in [2.75, 3.05) is 26.2 Å². The van der Waals surface area contributed by atoms with Gasteiger partial charge in [0.1, 0.15) is 0 Å². The average molecular weight is 432 g/mol. The first kappa shape index (κ1) is 20.7. The maximum atomic E-state index is 13.0. The number of amides is 2. The highest BCUT2D eigenvalue weighted by Gasteiger charge is 2.31. The number of aromatic nitrogens is 3. The second kappa shape index (κ2) is 9.10. The van der Waals surface area contributed by atoms with Gasteiger partial charge in [-0.1, -0.05) is 47.7 Å². The number of likely N-dealkylation sites (tertiary alicyclic amines) is 2. The Morgan fingerprint density at radius 1 is 0.875 bits per heavy atom. The molecule has 1 aromatic heterocycles. The molecule has 0 unspecified atom stereocenters. The highest BCUT2D eigenvalue weighted by Crippen LogP contribution is 2.23. The predicted octanol–water partition coefficient (Wildman–Crippen LogP) is 3.34. The van der Waals surface area contributed by atoms with E-state index in [0.29, 0.717) is 25.3 Å². The number of carbonyl (C=O) groups excluding carboxylic acids is 2. The average Bonchev–Trinajstić information content (AvgIpc) is 3.32. The lowest BCUT2D eigenvalue weighted by Crippen LogP contribution is -2.45. The molecule has 2 amide bonds. The Morgan fingerprint density at radius 2 is 1.62 bits per heavy atom. The second-order valence-corrected chi connectivity index (χ2v) is 8.89. The van der Waals surface area contributed by atoms with E-state index in [0.717, 1.165) is 44.3 Å². The number of hydrogen-bond acceptors (Lipinski definition) is 4. The molecule has 2 aromatic carbocycles. The number of fused-ring (bicyclic) bond motifs is 1. The van der Waals surface area contributed by atoms with Crippen LogP contribution in [0.5, 0.6) is 0 Å². The quantitative estimate of drug-likeness (QED) is 0.635. The van der Waals surface area contributed by atoms with E-state index in [1.807, 2.05) is 28.0 Å². The van der Waals surface area contributed by atoms with Crippen molar-refractivity contribution >= 4 is 22.6 Å². The zero-order valence-electron chi connectivity index (χ0n) is 18.3. The van der Waals surface area contributed by atoms with Crippen LogP contribution in [-0.4, -0.2) is 62.8 Å². The van der Waals surface area contributed by atoms with Crippen LogP contribution in [-0.2, 0) is 11.3 Å². The van der Waals surface area contributed by atoms with Crippen LogP contribution in [0.15, 0.2) is 48.7 Å². The first-order valence-electron chi connectivity index (χ1n) is 11.6. The predicted molar refractivity (Wildman–Crippen MR) is 122 cm³/mol. The molecule has 32 heavy (non-hydrogen) atoms. The molecule has 2 aliphatic heterocycles. The smallest absolute Gasteiger partial charge is 0.276 e. The van der Waals surface area contributed by atoms with Crippen molar-refractivity contribution in [3.8, 4) is 0 Å². The summed E-state index contributed by atoms with van der Waals surface area (Å²) >= 11 is 0. The molecule has 0 aliphatic carbocycles. The minimum atomic E-state index is -0.0990. The third kappa shape index (κ3) is 4.24. The van der Waals surface area contributed by atoms with Crippen molar-refractivity contribution in [2.45, 2.75) is 38.6 Å². The Morgan fingerprint density at radius 3 is 2.44 bits per heavy atom. The van der Waals surface area contributed by atoms with E-state index in [4.69, 9.17) is 0 Å². The van der Waals surface area contributed by atoms with Crippen LogP contribution in [0.3, 0.4) is 0 Å². The van der Waals surface area contributed by atoms with Gasteiger partial charge in [0.25, 0.3) is 5.91 Å². The molecule has 5 rings (SSSR count). The van der Waals surface area contributed by atoms with Crippen molar-refractivity contribution in [2.24, 2.45) is 5.92 Å². The maximum absolute atomic E-state index is 13.0. The largest absolute Gasteiger partial charge is 0.342 e. The summed E-state index contributed by atoms with van der Waals surface area (Å²) in [6.07, 6.45) is 6.62. The summed E-state index contributed by atoms with van der Waals surface area (Å²) in [5.41, 5.74) is 1.51.